The number of urea groups is 1. The third-order valence-electron chi connectivity index (χ3n) is 3.20. The number of carbonyl (C=O) groups is 2. The number of hydrogen-bond acceptors (Lipinski definition) is 6. The maximum Gasteiger partial charge on any atom is 0.328 e. The van der Waals surface area contributed by atoms with Crippen molar-refractivity contribution in [3.8, 4) is 11.5 Å². The fraction of sp³-hybridized carbons (Fsp3) is 0.467. The number of benzene rings is 1. The summed E-state index contributed by atoms with van der Waals surface area (Å²) in [6.07, 6.45) is 2.44. The van der Waals surface area contributed by atoms with Gasteiger partial charge in [0.15, 0.2) is 11.5 Å². The molecule has 8 heteroatoms. The number of anilines is 1. The van der Waals surface area contributed by atoms with Crippen molar-refractivity contribution in [2.45, 2.75) is 12.5 Å². The predicted octanol–water partition coefficient (Wildman–Crippen LogP) is 1.87. The van der Waals surface area contributed by atoms with Crippen LogP contribution in [0.15, 0.2) is 18.2 Å². The molecular formula is C15H20N2O5S. The molecule has 2 N–H and O–H groups in total. The third-order valence-corrected chi connectivity index (χ3v) is 3.85. The molecule has 0 bridgehead atoms. The van der Waals surface area contributed by atoms with Crippen LogP contribution in [0.1, 0.15) is 6.42 Å². The summed E-state index contributed by atoms with van der Waals surface area (Å²) < 4.78 is 15.6. The highest BCUT2D eigenvalue weighted by atomic mass is 32.2. The van der Waals surface area contributed by atoms with Crippen LogP contribution in [0, 0.1) is 0 Å². The lowest BCUT2D eigenvalue weighted by Crippen LogP contribution is -2.44. The van der Waals surface area contributed by atoms with E-state index >= 15 is 0 Å². The van der Waals surface area contributed by atoms with Crippen molar-refractivity contribution < 1.29 is 23.8 Å². The summed E-state index contributed by atoms with van der Waals surface area (Å²) in [5, 5.41) is 5.30. The Morgan fingerprint density at radius 1 is 1.30 bits per heavy atom. The van der Waals surface area contributed by atoms with Crippen LogP contribution in [0.25, 0.3) is 0 Å². The summed E-state index contributed by atoms with van der Waals surface area (Å²) in [7, 11) is 1.30. The molecule has 2 amide bonds. The number of carbonyl (C=O) groups excluding carboxylic acids is 2. The Morgan fingerprint density at radius 2 is 2.04 bits per heavy atom. The average Bonchev–Trinajstić information content (AvgIpc) is 2.57. The van der Waals surface area contributed by atoms with Crippen LogP contribution in [-0.2, 0) is 9.53 Å². The van der Waals surface area contributed by atoms with Gasteiger partial charge in [0.05, 0.1) is 7.11 Å². The minimum absolute atomic E-state index is 0.462. The zero-order valence-corrected chi connectivity index (χ0v) is 13.9. The van der Waals surface area contributed by atoms with Crippen LogP contribution >= 0.6 is 11.8 Å². The van der Waals surface area contributed by atoms with Crippen LogP contribution in [0.2, 0.25) is 0 Å². The van der Waals surface area contributed by atoms with E-state index in [-0.39, 0.29) is 0 Å². The van der Waals surface area contributed by atoms with Gasteiger partial charge in [-0.05, 0) is 30.6 Å². The molecular weight excluding hydrogens is 320 g/mol. The molecule has 1 aromatic carbocycles. The first-order valence-electron chi connectivity index (χ1n) is 7.18. The maximum absolute atomic E-state index is 12.1. The van der Waals surface area contributed by atoms with E-state index in [1.54, 1.807) is 30.0 Å². The van der Waals surface area contributed by atoms with Crippen molar-refractivity contribution in [1.82, 2.24) is 5.32 Å². The molecule has 0 saturated carbocycles. The molecule has 126 valence electrons. The Labute approximate surface area is 139 Å². The van der Waals surface area contributed by atoms with Gasteiger partial charge in [-0.1, -0.05) is 0 Å². The molecule has 0 aromatic heterocycles. The summed E-state index contributed by atoms with van der Waals surface area (Å²) in [5.74, 6) is 1.51. The van der Waals surface area contributed by atoms with Crippen LogP contribution in [-0.4, -0.2) is 50.4 Å². The topological polar surface area (TPSA) is 85.9 Å². The van der Waals surface area contributed by atoms with Crippen LogP contribution in [0.5, 0.6) is 11.5 Å². The molecule has 23 heavy (non-hydrogen) atoms. The van der Waals surface area contributed by atoms with Gasteiger partial charge in [-0.3, -0.25) is 0 Å². The summed E-state index contributed by atoms with van der Waals surface area (Å²) >= 11 is 1.59. The van der Waals surface area contributed by atoms with Gasteiger partial charge in [0.1, 0.15) is 19.3 Å². The number of nitrogens with one attached hydrogen (secondary N) is 2. The molecule has 7 nitrogen and oxygen atoms in total. The van der Waals surface area contributed by atoms with Crippen molar-refractivity contribution in [3.63, 3.8) is 0 Å². The second kappa shape index (κ2) is 8.52. The van der Waals surface area contributed by atoms with Gasteiger partial charge in [0.25, 0.3) is 0 Å². The summed E-state index contributed by atoms with van der Waals surface area (Å²) in [4.78, 5) is 23.8. The first-order valence-corrected chi connectivity index (χ1v) is 8.57. The molecule has 1 atom stereocenters. The monoisotopic (exact) mass is 340 g/mol. The van der Waals surface area contributed by atoms with Gasteiger partial charge in [-0.2, -0.15) is 11.8 Å². The van der Waals surface area contributed by atoms with E-state index in [1.807, 2.05) is 6.26 Å². The number of esters is 1. The van der Waals surface area contributed by atoms with Crippen molar-refractivity contribution in [2.24, 2.45) is 0 Å². The highest BCUT2D eigenvalue weighted by Gasteiger charge is 2.21. The molecule has 1 heterocycles. The van der Waals surface area contributed by atoms with E-state index in [1.165, 1.54) is 7.11 Å². The highest BCUT2D eigenvalue weighted by molar-refractivity contribution is 7.98. The number of hydrogen-bond donors (Lipinski definition) is 2. The van der Waals surface area contributed by atoms with Crippen LogP contribution < -0.4 is 20.1 Å². The molecule has 1 aromatic rings. The zero-order chi connectivity index (χ0) is 16.7. The highest BCUT2D eigenvalue weighted by Crippen LogP contribution is 2.32. The van der Waals surface area contributed by atoms with Crippen molar-refractivity contribution in [1.29, 1.82) is 0 Å². The number of methoxy groups -OCH3 is 1. The second-order valence-corrected chi connectivity index (χ2v) is 5.80. The van der Waals surface area contributed by atoms with E-state index in [2.05, 4.69) is 10.6 Å². The third kappa shape index (κ3) is 4.95. The summed E-state index contributed by atoms with van der Waals surface area (Å²) in [5.41, 5.74) is 0.556. The molecule has 0 fully saturated rings. The van der Waals surface area contributed by atoms with Crippen molar-refractivity contribution in [2.75, 3.05) is 37.6 Å². The molecule has 0 aliphatic carbocycles. The van der Waals surface area contributed by atoms with E-state index < -0.39 is 18.0 Å². The standard InChI is InChI=1S/C15H20N2O5S/c1-20-14(18)11(5-8-23-2)17-15(19)16-10-3-4-12-13(9-10)22-7-6-21-12/h3-4,9,11H,5-8H2,1-2H3,(H2,16,17,19)/t11-/m1/s1. The Morgan fingerprint density at radius 3 is 2.74 bits per heavy atom. The first-order chi connectivity index (χ1) is 11.1. The van der Waals surface area contributed by atoms with Gasteiger partial charge in [0, 0.05) is 11.8 Å². The number of rotatable bonds is 6. The Kier molecular flexibility index (Phi) is 6.40. The van der Waals surface area contributed by atoms with Gasteiger partial charge in [0.2, 0.25) is 0 Å². The maximum atomic E-state index is 12.1. The predicted molar refractivity (Wildman–Crippen MR) is 88.4 cm³/mol. The van der Waals surface area contributed by atoms with E-state index in [9.17, 15) is 9.59 Å². The van der Waals surface area contributed by atoms with Crippen molar-refractivity contribution in [3.05, 3.63) is 18.2 Å². The first kappa shape index (κ1) is 17.3. The fourth-order valence-corrected chi connectivity index (χ4v) is 2.54. The molecule has 0 spiro atoms. The van der Waals surface area contributed by atoms with Crippen LogP contribution in [0.4, 0.5) is 10.5 Å². The number of ether oxygens (including phenoxy) is 3. The summed E-state index contributed by atoms with van der Waals surface area (Å²) in [6, 6.07) is 3.98. The van der Waals surface area contributed by atoms with Gasteiger partial charge < -0.3 is 24.8 Å². The molecule has 0 saturated heterocycles. The van der Waals surface area contributed by atoms with Gasteiger partial charge in [-0.15, -0.1) is 0 Å². The van der Waals surface area contributed by atoms with E-state index in [0.29, 0.717) is 36.8 Å². The Balaban J connectivity index is 1.95. The van der Waals surface area contributed by atoms with Gasteiger partial charge >= 0.3 is 12.0 Å². The zero-order valence-electron chi connectivity index (χ0n) is 13.1. The molecule has 1 aliphatic rings. The van der Waals surface area contributed by atoms with E-state index in [0.717, 1.165) is 5.75 Å². The van der Waals surface area contributed by atoms with Gasteiger partial charge in [-0.25, -0.2) is 9.59 Å². The normalized spacial score (nSPS) is 13.8. The lowest BCUT2D eigenvalue weighted by molar-refractivity contribution is -0.142. The average molecular weight is 340 g/mol. The van der Waals surface area contributed by atoms with Crippen LogP contribution in [0.3, 0.4) is 0 Å². The van der Waals surface area contributed by atoms with E-state index in [4.69, 9.17) is 14.2 Å². The Bertz CT molecular complexity index is 567. The lowest BCUT2D eigenvalue weighted by atomic mass is 10.2. The molecule has 1 aliphatic heterocycles. The lowest BCUT2D eigenvalue weighted by Gasteiger charge is -2.20. The largest absolute Gasteiger partial charge is 0.486 e. The summed E-state index contributed by atoms with van der Waals surface area (Å²) in [6.45, 7) is 0.984. The fourth-order valence-electron chi connectivity index (χ4n) is 2.07. The Hall–Kier alpha value is -2.09. The minimum Gasteiger partial charge on any atom is -0.486 e. The second-order valence-electron chi connectivity index (χ2n) is 4.81. The number of thioether (sulfide) groups is 1. The number of amides is 2. The molecule has 0 radical (unpaired) electrons. The molecule has 0 unspecified atom stereocenters. The number of fused-ring (bicyclic) bond motifs is 1. The smallest absolute Gasteiger partial charge is 0.328 e. The van der Waals surface area contributed by atoms with Crippen molar-refractivity contribution >= 4 is 29.4 Å². The quantitative estimate of drug-likeness (QED) is 0.769. The SMILES string of the molecule is COC(=O)[C@@H](CCSC)NC(=O)Nc1ccc2c(c1)OCCO2. The molecule has 2 rings (SSSR count). The minimum atomic E-state index is -0.676.